The molecular weight excluding hydrogens is 260 g/mol. The van der Waals surface area contributed by atoms with E-state index in [1.807, 2.05) is 0 Å². The molecule has 0 spiro atoms. The summed E-state index contributed by atoms with van der Waals surface area (Å²) in [4.78, 5) is 12.5. The van der Waals surface area contributed by atoms with Crippen LogP contribution in [-0.2, 0) is 14.9 Å². The molecule has 0 heterocycles. The average Bonchev–Trinajstić information content (AvgIpc) is 2.45. The van der Waals surface area contributed by atoms with Gasteiger partial charge in [0.25, 0.3) is 0 Å². The Morgan fingerprint density at radius 3 is 2.29 bits per heavy atom. The van der Waals surface area contributed by atoms with E-state index in [-0.39, 0.29) is 16.8 Å². The number of benzene rings is 1. The van der Waals surface area contributed by atoms with Crippen LogP contribution >= 0.6 is 0 Å². The summed E-state index contributed by atoms with van der Waals surface area (Å²) >= 11 is 0. The van der Waals surface area contributed by atoms with Gasteiger partial charge in [0.1, 0.15) is 0 Å². The highest BCUT2D eigenvalue weighted by Crippen LogP contribution is 2.66. The average molecular weight is 284 g/mol. The van der Waals surface area contributed by atoms with Gasteiger partial charge in [0, 0.05) is 0 Å². The summed E-state index contributed by atoms with van der Waals surface area (Å²) in [6.45, 7) is 2.14. The number of aryl methyl sites for hydroxylation is 1. The highest BCUT2D eigenvalue weighted by Gasteiger charge is 2.61. The van der Waals surface area contributed by atoms with Crippen molar-refractivity contribution in [2.45, 2.75) is 50.9 Å². The summed E-state index contributed by atoms with van der Waals surface area (Å²) in [5.41, 5.74) is 2.80. The molecule has 4 fully saturated rings. The van der Waals surface area contributed by atoms with Gasteiger partial charge in [-0.2, -0.15) is 0 Å². The zero-order chi connectivity index (χ0) is 14.7. The SMILES string of the molecule is COC(=O)C12C[C@H]3C[C@H](C1)CC(c1ccc(C)cc1)(C3)C2. The standard InChI is InChI=1S/C19H24O2/c1-13-3-5-16(6-4-13)18-8-14-7-15(9-18)11-19(10-14,12-18)17(20)21-2/h3-6,14-15H,7-12H2,1-2H3/t14-,15-,18?,19?/m0/s1. The summed E-state index contributed by atoms with van der Waals surface area (Å²) < 4.78 is 5.20. The maximum Gasteiger partial charge on any atom is 0.311 e. The third-order valence-corrected chi connectivity index (χ3v) is 6.34. The zero-order valence-electron chi connectivity index (χ0n) is 13.0. The van der Waals surface area contributed by atoms with Crippen molar-refractivity contribution in [1.29, 1.82) is 0 Å². The van der Waals surface area contributed by atoms with Crippen molar-refractivity contribution in [1.82, 2.24) is 0 Å². The van der Waals surface area contributed by atoms with Crippen LogP contribution in [0.25, 0.3) is 0 Å². The molecule has 21 heavy (non-hydrogen) atoms. The highest BCUT2D eigenvalue weighted by atomic mass is 16.5. The summed E-state index contributed by atoms with van der Waals surface area (Å²) in [6, 6.07) is 9.04. The van der Waals surface area contributed by atoms with Crippen molar-refractivity contribution in [3.63, 3.8) is 0 Å². The Labute approximate surface area is 126 Å². The maximum atomic E-state index is 12.5. The second-order valence-electron chi connectivity index (χ2n) is 7.88. The molecule has 0 N–H and O–H groups in total. The number of esters is 1. The Balaban J connectivity index is 1.76. The first-order chi connectivity index (χ1) is 10.1. The molecule has 4 bridgehead atoms. The van der Waals surface area contributed by atoms with E-state index in [4.69, 9.17) is 4.74 Å². The summed E-state index contributed by atoms with van der Waals surface area (Å²) in [7, 11) is 1.56. The summed E-state index contributed by atoms with van der Waals surface area (Å²) in [5.74, 6) is 1.48. The van der Waals surface area contributed by atoms with Gasteiger partial charge in [-0.15, -0.1) is 0 Å². The Morgan fingerprint density at radius 1 is 1.10 bits per heavy atom. The molecule has 0 radical (unpaired) electrons. The van der Waals surface area contributed by atoms with Crippen molar-refractivity contribution < 1.29 is 9.53 Å². The number of hydrogen-bond acceptors (Lipinski definition) is 2. The van der Waals surface area contributed by atoms with Crippen molar-refractivity contribution in [2.24, 2.45) is 17.3 Å². The van der Waals surface area contributed by atoms with Gasteiger partial charge in [-0.1, -0.05) is 29.8 Å². The van der Waals surface area contributed by atoms with E-state index in [0.29, 0.717) is 11.8 Å². The molecule has 0 unspecified atom stereocenters. The summed E-state index contributed by atoms with van der Waals surface area (Å²) in [6.07, 6.45) is 6.99. The van der Waals surface area contributed by atoms with E-state index in [1.165, 1.54) is 30.4 Å². The molecule has 2 heteroatoms. The van der Waals surface area contributed by atoms with Crippen molar-refractivity contribution in [2.75, 3.05) is 7.11 Å². The third kappa shape index (κ3) is 1.88. The topological polar surface area (TPSA) is 26.3 Å². The maximum absolute atomic E-state index is 12.5. The van der Waals surface area contributed by atoms with Crippen LogP contribution in [0.4, 0.5) is 0 Å². The lowest BCUT2D eigenvalue weighted by Crippen LogP contribution is -2.57. The van der Waals surface area contributed by atoms with Crippen LogP contribution in [0.5, 0.6) is 0 Å². The first kappa shape index (κ1) is 13.4. The van der Waals surface area contributed by atoms with Gasteiger partial charge in [-0.05, 0) is 68.3 Å². The Kier molecular flexibility index (Phi) is 2.76. The van der Waals surface area contributed by atoms with Gasteiger partial charge >= 0.3 is 5.97 Å². The normalized spacial score (nSPS) is 40.3. The van der Waals surface area contributed by atoms with E-state index in [1.54, 1.807) is 7.11 Å². The molecule has 4 saturated carbocycles. The van der Waals surface area contributed by atoms with Crippen LogP contribution in [0.1, 0.15) is 49.7 Å². The molecule has 2 nitrogen and oxygen atoms in total. The number of ether oxygens (including phenoxy) is 1. The number of methoxy groups -OCH3 is 1. The molecule has 5 rings (SSSR count). The fourth-order valence-corrected chi connectivity index (χ4v) is 5.96. The Hall–Kier alpha value is -1.31. The van der Waals surface area contributed by atoms with Gasteiger partial charge in [0.05, 0.1) is 12.5 Å². The van der Waals surface area contributed by atoms with Crippen molar-refractivity contribution in [3.05, 3.63) is 35.4 Å². The summed E-state index contributed by atoms with van der Waals surface area (Å²) in [5, 5.41) is 0. The molecule has 0 saturated heterocycles. The predicted octanol–water partition coefficient (Wildman–Crippen LogP) is 4.01. The molecule has 0 amide bonds. The lowest BCUT2D eigenvalue weighted by molar-refractivity contribution is -0.171. The fraction of sp³-hybridized carbons (Fsp3) is 0.632. The first-order valence-electron chi connectivity index (χ1n) is 8.21. The molecule has 0 aliphatic heterocycles. The molecule has 112 valence electrons. The van der Waals surface area contributed by atoms with Crippen LogP contribution in [0.15, 0.2) is 24.3 Å². The Morgan fingerprint density at radius 2 is 1.71 bits per heavy atom. The van der Waals surface area contributed by atoms with Crippen LogP contribution < -0.4 is 0 Å². The highest BCUT2D eigenvalue weighted by molar-refractivity contribution is 5.78. The lowest BCUT2D eigenvalue weighted by Gasteiger charge is -2.61. The quantitative estimate of drug-likeness (QED) is 0.767. The zero-order valence-corrected chi connectivity index (χ0v) is 13.0. The molecular formula is C19H24O2. The third-order valence-electron chi connectivity index (χ3n) is 6.34. The second-order valence-corrected chi connectivity index (χ2v) is 7.88. The molecule has 2 atom stereocenters. The molecule has 4 aliphatic rings. The first-order valence-corrected chi connectivity index (χ1v) is 8.21. The van der Waals surface area contributed by atoms with Crippen LogP contribution in [-0.4, -0.2) is 13.1 Å². The number of carbonyl (C=O) groups is 1. The molecule has 1 aromatic carbocycles. The van der Waals surface area contributed by atoms with Crippen LogP contribution in [0, 0.1) is 24.2 Å². The van der Waals surface area contributed by atoms with Gasteiger partial charge in [-0.3, -0.25) is 4.79 Å². The lowest BCUT2D eigenvalue weighted by atomic mass is 9.43. The van der Waals surface area contributed by atoms with E-state index < -0.39 is 0 Å². The smallest absolute Gasteiger partial charge is 0.311 e. The number of carbonyl (C=O) groups excluding carboxylic acids is 1. The monoisotopic (exact) mass is 284 g/mol. The molecule has 4 aliphatic carbocycles. The van der Waals surface area contributed by atoms with Gasteiger partial charge in [0.15, 0.2) is 0 Å². The van der Waals surface area contributed by atoms with Crippen LogP contribution in [0.3, 0.4) is 0 Å². The number of rotatable bonds is 2. The van der Waals surface area contributed by atoms with Crippen molar-refractivity contribution >= 4 is 5.97 Å². The number of hydrogen-bond donors (Lipinski definition) is 0. The van der Waals surface area contributed by atoms with E-state index >= 15 is 0 Å². The molecule has 0 aromatic heterocycles. The van der Waals surface area contributed by atoms with Gasteiger partial charge < -0.3 is 4.74 Å². The van der Waals surface area contributed by atoms with Crippen molar-refractivity contribution in [3.8, 4) is 0 Å². The van der Waals surface area contributed by atoms with E-state index in [9.17, 15) is 4.79 Å². The van der Waals surface area contributed by atoms with Gasteiger partial charge in [0.2, 0.25) is 0 Å². The fourth-order valence-electron chi connectivity index (χ4n) is 5.96. The minimum Gasteiger partial charge on any atom is -0.469 e. The van der Waals surface area contributed by atoms with Crippen LogP contribution in [0.2, 0.25) is 0 Å². The van der Waals surface area contributed by atoms with Gasteiger partial charge in [-0.25, -0.2) is 0 Å². The van der Waals surface area contributed by atoms with E-state index in [2.05, 4.69) is 31.2 Å². The minimum atomic E-state index is -0.191. The largest absolute Gasteiger partial charge is 0.469 e. The molecule has 1 aromatic rings. The second kappa shape index (κ2) is 4.34. The van der Waals surface area contributed by atoms with E-state index in [0.717, 1.165) is 19.3 Å². The Bertz CT molecular complexity index is 558. The predicted molar refractivity (Wildman–Crippen MR) is 82.0 cm³/mol. The minimum absolute atomic E-state index is 0.0492.